The molecule has 1 aliphatic heterocycles. The molecule has 0 saturated carbocycles. The molecule has 2 aromatic rings. The highest BCUT2D eigenvalue weighted by Gasteiger charge is 2.21. The van der Waals surface area contributed by atoms with Gasteiger partial charge in [-0.2, -0.15) is 5.10 Å². The number of benzene rings is 1. The maximum absolute atomic E-state index is 10.1. The molecule has 0 atom stereocenters. The molecule has 2 N–H and O–H groups in total. The van der Waals surface area contributed by atoms with E-state index in [1.807, 2.05) is 36.9 Å². The second kappa shape index (κ2) is 8.33. The Balaban J connectivity index is 1.68. The lowest BCUT2D eigenvalue weighted by atomic mass is 10.2. The molecule has 1 fully saturated rings. The Hall–Kier alpha value is -2.70. The number of aryl methyl sites for hydroxylation is 2. The number of hydrogen-bond acceptors (Lipinski definition) is 4. The third-order valence-electron chi connectivity index (χ3n) is 5.18. The fourth-order valence-electron chi connectivity index (χ4n) is 3.52. The largest absolute Gasteiger partial charge is 0.506 e. The van der Waals surface area contributed by atoms with Gasteiger partial charge in [0.05, 0.1) is 17.9 Å². The number of aromatic nitrogens is 2. The summed E-state index contributed by atoms with van der Waals surface area (Å²) < 4.78 is 1.91. The molecule has 0 amide bonds. The number of aromatic hydroxyl groups is 1. The van der Waals surface area contributed by atoms with Crippen molar-refractivity contribution in [3.8, 4) is 5.75 Å². The first-order valence-electron chi connectivity index (χ1n) is 9.56. The van der Waals surface area contributed by atoms with Gasteiger partial charge in [0.1, 0.15) is 5.75 Å². The van der Waals surface area contributed by atoms with E-state index in [0.29, 0.717) is 12.3 Å². The molecule has 146 valence electrons. The van der Waals surface area contributed by atoms with Crippen LogP contribution in [0.1, 0.15) is 23.9 Å². The standard InChI is InChI=1S/C20H30N6O/c1-5-21-20(22-14-17-15(2)23-24(4)16(17)3)26-12-10-25(11-13-26)18-8-6-7-9-19(18)27/h6-9,27H,5,10-14H2,1-4H3,(H,21,22). The van der Waals surface area contributed by atoms with Crippen LogP contribution in [0.15, 0.2) is 29.3 Å². The van der Waals surface area contributed by atoms with Crippen molar-refractivity contribution in [1.29, 1.82) is 0 Å². The Morgan fingerprint density at radius 3 is 2.48 bits per heavy atom. The lowest BCUT2D eigenvalue weighted by molar-refractivity contribution is 0.369. The van der Waals surface area contributed by atoms with E-state index in [4.69, 9.17) is 4.99 Å². The molecule has 0 bridgehead atoms. The molecule has 0 radical (unpaired) electrons. The predicted octanol–water partition coefficient (Wildman–Crippen LogP) is 2.03. The van der Waals surface area contributed by atoms with E-state index >= 15 is 0 Å². The third-order valence-corrected chi connectivity index (χ3v) is 5.18. The summed E-state index contributed by atoms with van der Waals surface area (Å²) in [6.07, 6.45) is 0. The molecule has 1 aromatic heterocycles. The Kier molecular flexibility index (Phi) is 5.88. The summed E-state index contributed by atoms with van der Waals surface area (Å²) in [5.74, 6) is 1.28. The molecule has 3 rings (SSSR count). The normalized spacial score (nSPS) is 15.3. The molecule has 2 heterocycles. The number of phenols is 1. The molecule has 0 spiro atoms. The van der Waals surface area contributed by atoms with E-state index in [2.05, 4.69) is 34.1 Å². The number of phenolic OH excluding ortho intramolecular Hbond substituents is 1. The second-order valence-electron chi connectivity index (χ2n) is 6.91. The lowest BCUT2D eigenvalue weighted by Crippen LogP contribution is -2.52. The maximum atomic E-state index is 10.1. The van der Waals surface area contributed by atoms with E-state index in [-0.39, 0.29) is 0 Å². The minimum Gasteiger partial charge on any atom is -0.506 e. The summed E-state index contributed by atoms with van der Waals surface area (Å²) in [6, 6.07) is 7.53. The van der Waals surface area contributed by atoms with Gasteiger partial charge in [-0.3, -0.25) is 4.68 Å². The predicted molar refractivity (Wildman–Crippen MR) is 109 cm³/mol. The van der Waals surface area contributed by atoms with Crippen LogP contribution in [0.3, 0.4) is 0 Å². The van der Waals surface area contributed by atoms with Crippen molar-refractivity contribution in [1.82, 2.24) is 20.0 Å². The zero-order valence-electron chi connectivity index (χ0n) is 16.7. The summed E-state index contributed by atoms with van der Waals surface area (Å²) in [6.45, 7) is 11.1. The van der Waals surface area contributed by atoms with Gasteiger partial charge in [-0.1, -0.05) is 12.1 Å². The summed E-state index contributed by atoms with van der Waals surface area (Å²) in [5.41, 5.74) is 4.30. The maximum Gasteiger partial charge on any atom is 0.194 e. The van der Waals surface area contributed by atoms with E-state index < -0.39 is 0 Å². The summed E-state index contributed by atoms with van der Waals surface area (Å²) in [7, 11) is 1.97. The van der Waals surface area contributed by atoms with Crippen LogP contribution < -0.4 is 10.2 Å². The quantitative estimate of drug-likeness (QED) is 0.637. The van der Waals surface area contributed by atoms with Crippen molar-refractivity contribution in [2.24, 2.45) is 12.0 Å². The number of nitrogens with one attached hydrogen (secondary N) is 1. The van der Waals surface area contributed by atoms with Crippen LogP contribution in [-0.4, -0.2) is 58.5 Å². The molecule has 0 unspecified atom stereocenters. The molecule has 0 aliphatic carbocycles. The van der Waals surface area contributed by atoms with Gasteiger partial charge < -0.3 is 20.2 Å². The van der Waals surface area contributed by atoms with Crippen LogP contribution in [-0.2, 0) is 13.6 Å². The molecule has 7 nitrogen and oxygen atoms in total. The van der Waals surface area contributed by atoms with Crippen LogP contribution in [0, 0.1) is 13.8 Å². The van der Waals surface area contributed by atoms with Crippen molar-refractivity contribution >= 4 is 11.6 Å². The van der Waals surface area contributed by atoms with Gasteiger partial charge in [-0.25, -0.2) is 4.99 Å². The SMILES string of the molecule is CCNC(=NCc1c(C)nn(C)c1C)N1CCN(c2ccccc2O)CC1. The molecule has 1 aliphatic rings. The second-order valence-corrected chi connectivity index (χ2v) is 6.91. The Morgan fingerprint density at radius 2 is 1.89 bits per heavy atom. The van der Waals surface area contributed by atoms with E-state index in [0.717, 1.165) is 55.8 Å². The van der Waals surface area contributed by atoms with Crippen molar-refractivity contribution in [2.45, 2.75) is 27.3 Å². The Bertz CT molecular complexity index is 805. The van der Waals surface area contributed by atoms with Crippen LogP contribution in [0.2, 0.25) is 0 Å². The van der Waals surface area contributed by atoms with Crippen LogP contribution in [0.5, 0.6) is 5.75 Å². The zero-order valence-corrected chi connectivity index (χ0v) is 16.7. The first kappa shape index (κ1) is 19.1. The Labute approximate surface area is 161 Å². The number of para-hydroxylation sites is 2. The van der Waals surface area contributed by atoms with Gasteiger partial charge >= 0.3 is 0 Å². The van der Waals surface area contributed by atoms with Gasteiger partial charge in [0, 0.05) is 51.0 Å². The van der Waals surface area contributed by atoms with Crippen molar-refractivity contribution in [2.75, 3.05) is 37.6 Å². The Morgan fingerprint density at radius 1 is 1.19 bits per heavy atom. The smallest absolute Gasteiger partial charge is 0.194 e. The average molecular weight is 371 g/mol. The first-order chi connectivity index (χ1) is 13.0. The van der Waals surface area contributed by atoms with E-state index in [1.165, 1.54) is 5.56 Å². The van der Waals surface area contributed by atoms with E-state index in [9.17, 15) is 5.11 Å². The van der Waals surface area contributed by atoms with Crippen LogP contribution >= 0.6 is 0 Å². The van der Waals surface area contributed by atoms with E-state index in [1.54, 1.807) is 6.07 Å². The topological polar surface area (TPSA) is 68.9 Å². The highest BCUT2D eigenvalue weighted by atomic mass is 16.3. The number of aliphatic imine (C=N–C) groups is 1. The number of hydrogen-bond donors (Lipinski definition) is 2. The van der Waals surface area contributed by atoms with Crippen molar-refractivity contribution in [3.05, 3.63) is 41.2 Å². The van der Waals surface area contributed by atoms with Gasteiger partial charge in [-0.05, 0) is 32.9 Å². The molecular formula is C20H30N6O. The number of piperazine rings is 1. The fourth-order valence-corrected chi connectivity index (χ4v) is 3.52. The number of guanidine groups is 1. The van der Waals surface area contributed by atoms with Gasteiger partial charge in [-0.15, -0.1) is 0 Å². The van der Waals surface area contributed by atoms with Gasteiger partial charge in [0.15, 0.2) is 5.96 Å². The molecule has 1 saturated heterocycles. The average Bonchev–Trinajstić information content (AvgIpc) is 2.91. The van der Waals surface area contributed by atoms with Gasteiger partial charge in [0.2, 0.25) is 0 Å². The summed E-state index contributed by atoms with van der Waals surface area (Å²) in [5, 5.41) is 18.0. The molecule has 1 aromatic carbocycles. The highest BCUT2D eigenvalue weighted by Crippen LogP contribution is 2.27. The molecule has 27 heavy (non-hydrogen) atoms. The summed E-state index contributed by atoms with van der Waals surface area (Å²) in [4.78, 5) is 9.39. The third kappa shape index (κ3) is 4.18. The van der Waals surface area contributed by atoms with Crippen LogP contribution in [0.25, 0.3) is 0 Å². The zero-order chi connectivity index (χ0) is 19.4. The lowest BCUT2D eigenvalue weighted by Gasteiger charge is -2.37. The first-order valence-corrected chi connectivity index (χ1v) is 9.56. The number of rotatable bonds is 4. The van der Waals surface area contributed by atoms with Crippen LogP contribution in [0.4, 0.5) is 5.69 Å². The summed E-state index contributed by atoms with van der Waals surface area (Å²) >= 11 is 0. The van der Waals surface area contributed by atoms with Crippen molar-refractivity contribution < 1.29 is 5.11 Å². The van der Waals surface area contributed by atoms with Gasteiger partial charge in [0.25, 0.3) is 0 Å². The molecular weight excluding hydrogens is 340 g/mol. The number of nitrogens with zero attached hydrogens (tertiary/aromatic N) is 5. The minimum absolute atomic E-state index is 0.342. The van der Waals surface area contributed by atoms with Crippen molar-refractivity contribution in [3.63, 3.8) is 0 Å². The fraction of sp³-hybridized carbons (Fsp3) is 0.500. The molecule has 7 heteroatoms. The highest BCUT2D eigenvalue weighted by molar-refractivity contribution is 5.80. The minimum atomic E-state index is 0.342. The monoisotopic (exact) mass is 370 g/mol. The number of anilines is 1.